The van der Waals surface area contributed by atoms with Crippen LogP contribution in [0.3, 0.4) is 0 Å². The minimum Gasteiger partial charge on any atom is -0.390 e. The average Bonchev–Trinajstić information content (AvgIpc) is 2.05. The third-order valence-electron chi connectivity index (χ3n) is 2.56. The van der Waals surface area contributed by atoms with Crippen molar-refractivity contribution in [2.45, 2.75) is 51.3 Å². The third-order valence-corrected chi connectivity index (χ3v) is 2.56. The number of rotatable bonds is 2. The molecule has 1 nitrogen and oxygen atoms in total. The number of alkyl halides is 1. The molecule has 0 heterocycles. The lowest BCUT2D eigenvalue weighted by molar-refractivity contribution is 0.0416. The van der Waals surface area contributed by atoms with E-state index >= 15 is 0 Å². The molecule has 0 saturated heterocycles. The lowest BCUT2D eigenvalue weighted by Crippen LogP contribution is -2.28. The van der Waals surface area contributed by atoms with Gasteiger partial charge in [-0.05, 0) is 25.7 Å². The van der Waals surface area contributed by atoms with Crippen LogP contribution >= 0.6 is 0 Å². The molecule has 2 unspecified atom stereocenters. The largest absolute Gasteiger partial charge is 0.390 e. The Hall–Kier alpha value is -0.110. The lowest BCUT2D eigenvalue weighted by Gasteiger charge is -2.26. The van der Waals surface area contributed by atoms with E-state index < -0.39 is 12.3 Å². The van der Waals surface area contributed by atoms with Crippen molar-refractivity contribution in [2.24, 2.45) is 5.92 Å². The van der Waals surface area contributed by atoms with E-state index in [1.165, 1.54) is 6.42 Å². The Bertz CT molecular complexity index is 108. The van der Waals surface area contributed by atoms with Crippen molar-refractivity contribution in [3.8, 4) is 0 Å². The summed E-state index contributed by atoms with van der Waals surface area (Å²) in [6.07, 6.45) is 3.67. The van der Waals surface area contributed by atoms with Crippen LogP contribution in [-0.4, -0.2) is 17.4 Å². The fraction of sp³-hybridized carbons (Fsp3) is 1.00. The van der Waals surface area contributed by atoms with Gasteiger partial charge in [0.25, 0.3) is 0 Å². The van der Waals surface area contributed by atoms with Crippen LogP contribution in [0.2, 0.25) is 0 Å². The first-order chi connectivity index (χ1) is 5.22. The highest BCUT2D eigenvalue weighted by atomic mass is 19.1. The highest BCUT2D eigenvalue weighted by molar-refractivity contribution is 4.76. The van der Waals surface area contributed by atoms with Crippen LogP contribution in [0.4, 0.5) is 4.39 Å². The number of aliphatic hydroxyl groups excluding tert-OH is 1. The summed E-state index contributed by atoms with van der Waals surface area (Å²) in [7, 11) is 0. The van der Waals surface area contributed by atoms with Crippen molar-refractivity contribution in [1.29, 1.82) is 0 Å². The molecule has 1 N–H and O–H groups in total. The van der Waals surface area contributed by atoms with Crippen molar-refractivity contribution in [3.63, 3.8) is 0 Å². The molecule has 0 spiro atoms. The fourth-order valence-electron chi connectivity index (χ4n) is 1.85. The van der Waals surface area contributed by atoms with Crippen LogP contribution in [0, 0.1) is 5.92 Å². The third kappa shape index (κ3) is 2.44. The Morgan fingerprint density at radius 2 is 1.82 bits per heavy atom. The zero-order valence-corrected chi connectivity index (χ0v) is 7.09. The molecule has 2 heteroatoms. The number of aliphatic hydroxyl groups is 1. The van der Waals surface area contributed by atoms with Gasteiger partial charge in [-0.25, -0.2) is 4.39 Å². The van der Waals surface area contributed by atoms with Crippen LogP contribution in [0.15, 0.2) is 0 Å². The second-order valence-electron chi connectivity index (χ2n) is 3.58. The molecule has 1 saturated carbocycles. The van der Waals surface area contributed by atoms with Gasteiger partial charge in [0.05, 0.1) is 6.10 Å². The molecule has 1 rings (SSSR count). The Morgan fingerprint density at radius 1 is 1.27 bits per heavy atom. The Kier molecular flexibility index (Phi) is 3.31. The molecular weight excluding hydrogens is 143 g/mol. The summed E-state index contributed by atoms with van der Waals surface area (Å²) in [5.41, 5.74) is 0. The zero-order chi connectivity index (χ0) is 8.27. The van der Waals surface area contributed by atoms with E-state index in [9.17, 15) is 4.39 Å². The smallest absolute Gasteiger partial charge is 0.128 e. The van der Waals surface area contributed by atoms with E-state index in [4.69, 9.17) is 5.11 Å². The van der Waals surface area contributed by atoms with Gasteiger partial charge < -0.3 is 5.11 Å². The summed E-state index contributed by atoms with van der Waals surface area (Å²) >= 11 is 0. The van der Waals surface area contributed by atoms with E-state index in [1.54, 1.807) is 6.92 Å². The summed E-state index contributed by atoms with van der Waals surface area (Å²) in [4.78, 5) is 0. The van der Waals surface area contributed by atoms with Gasteiger partial charge in [0, 0.05) is 0 Å². The normalized spacial score (nSPS) is 26.5. The first kappa shape index (κ1) is 8.98. The van der Waals surface area contributed by atoms with E-state index in [2.05, 4.69) is 0 Å². The monoisotopic (exact) mass is 160 g/mol. The standard InChI is InChI=1S/C9H17FO/c1-7(11)9(10)8-5-3-2-4-6-8/h7-9,11H,2-6H2,1H3. The maximum absolute atomic E-state index is 13.2. The number of halogens is 1. The molecule has 0 aromatic carbocycles. The van der Waals surface area contributed by atoms with Crippen LogP contribution in [0.1, 0.15) is 39.0 Å². The molecule has 0 amide bonds. The van der Waals surface area contributed by atoms with Crippen molar-refractivity contribution in [2.75, 3.05) is 0 Å². The molecule has 66 valence electrons. The summed E-state index contributed by atoms with van der Waals surface area (Å²) < 4.78 is 13.2. The van der Waals surface area contributed by atoms with Crippen LogP contribution in [0.25, 0.3) is 0 Å². The summed E-state index contributed by atoms with van der Waals surface area (Å²) in [5.74, 6) is 0.128. The Morgan fingerprint density at radius 3 is 2.27 bits per heavy atom. The van der Waals surface area contributed by atoms with E-state index in [1.807, 2.05) is 0 Å². The quantitative estimate of drug-likeness (QED) is 0.657. The van der Waals surface area contributed by atoms with Gasteiger partial charge in [-0.1, -0.05) is 19.3 Å². The van der Waals surface area contributed by atoms with Gasteiger partial charge in [-0.3, -0.25) is 0 Å². The molecule has 1 fully saturated rings. The summed E-state index contributed by atoms with van der Waals surface area (Å²) in [5, 5.41) is 9.00. The van der Waals surface area contributed by atoms with Gasteiger partial charge in [-0.2, -0.15) is 0 Å². The second-order valence-corrected chi connectivity index (χ2v) is 3.58. The molecule has 1 aliphatic carbocycles. The van der Waals surface area contributed by atoms with Gasteiger partial charge >= 0.3 is 0 Å². The van der Waals surface area contributed by atoms with Crippen molar-refractivity contribution in [3.05, 3.63) is 0 Å². The zero-order valence-electron chi connectivity index (χ0n) is 7.09. The molecule has 0 radical (unpaired) electrons. The van der Waals surface area contributed by atoms with Crippen molar-refractivity contribution >= 4 is 0 Å². The topological polar surface area (TPSA) is 20.2 Å². The Balaban J connectivity index is 2.32. The molecule has 0 aliphatic heterocycles. The van der Waals surface area contributed by atoms with E-state index in [-0.39, 0.29) is 5.92 Å². The predicted molar refractivity (Wildman–Crippen MR) is 43.2 cm³/mol. The lowest BCUT2D eigenvalue weighted by atomic mass is 9.84. The minimum atomic E-state index is -0.990. The van der Waals surface area contributed by atoms with Crippen molar-refractivity contribution in [1.82, 2.24) is 0 Å². The first-order valence-electron chi connectivity index (χ1n) is 4.54. The van der Waals surface area contributed by atoms with Gasteiger partial charge in [0.2, 0.25) is 0 Å². The molecule has 2 atom stereocenters. The molecule has 11 heavy (non-hydrogen) atoms. The highest BCUT2D eigenvalue weighted by Gasteiger charge is 2.26. The molecule has 0 bridgehead atoms. The number of hydrogen-bond acceptors (Lipinski definition) is 1. The predicted octanol–water partition coefficient (Wildman–Crippen LogP) is 2.29. The molecular formula is C9H17FO. The SMILES string of the molecule is CC(O)C(F)C1CCCCC1. The molecule has 0 aromatic heterocycles. The first-order valence-corrected chi connectivity index (χ1v) is 4.54. The molecule has 1 aliphatic rings. The van der Waals surface area contributed by atoms with Gasteiger partial charge in [-0.15, -0.1) is 0 Å². The van der Waals surface area contributed by atoms with Crippen LogP contribution in [0.5, 0.6) is 0 Å². The summed E-state index contributed by atoms with van der Waals surface area (Å²) in [6, 6.07) is 0. The maximum Gasteiger partial charge on any atom is 0.128 e. The van der Waals surface area contributed by atoms with Gasteiger partial charge in [0.15, 0.2) is 0 Å². The molecule has 0 aromatic rings. The fourth-order valence-corrected chi connectivity index (χ4v) is 1.85. The average molecular weight is 160 g/mol. The van der Waals surface area contributed by atoms with Crippen LogP contribution in [-0.2, 0) is 0 Å². The maximum atomic E-state index is 13.2. The minimum absolute atomic E-state index is 0.128. The summed E-state index contributed by atoms with van der Waals surface area (Å²) in [6.45, 7) is 1.54. The number of hydrogen-bond donors (Lipinski definition) is 1. The van der Waals surface area contributed by atoms with Gasteiger partial charge in [0.1, 0.15) is 6.17 Å². The van der Waals surface area contributed by atoms with E-state index in [0.717, 1.165) is 25.7 Å². The Labute approximate surface area is 67.6 Å². The van der Waals surface area contributed by atoms with Crippen LogP contribution < -0.4 is 0 Å². The van der Waals surface area contributed by atoms with E-state index in [0.29, 0.717) is 0 Å². The second kappa shape index (κ2) is 4.05. The van der Waals surface area contributed by atoms with Crippen molar-refractivity contribution < 1.29 is 9.50 Å². The highest BCUT2D eigenvalue weighted by Crippen LogP contribution is 2.29.